The quantitative estimate of drug-likeness (QED) is 0.629. The summed E-state index contributed by atoms with van der Waals surface area (Å²) in [5.41, 5.74) is 4.31. The Kier molecular flexibility index (Phi) is 1.95. The zero-order valence-electron chi connectivity index (χ0n) is 9.12. The Morgan fingerprint density at radius 1 is 1.27 bits per heavy atom. The van der Waals surface area contributed by atoms with Crippen molar-refractivity contribution in [3.05, 3.63) is 34.9 Å². The molecular formula is C14H16O. The van der Waals surface area contributed by atoms with Crippen LogP contribution in [0, 0.1) is 12.8 Å². The minimum absolute atomic E-state index is 0.315. The smallest absolute Gasteiger partial charge is 0.136 e. The van der Waals surface area contributed by atoms with Gasteiger partial charge in [0.05, 0.1) is 0 Å². The number of Topliss-reactive ketones (excluding diaryl/α,β-unsaturated/α-hetero) is 1. The Balaban J connectivity index is 2.09. The van der Waals surface area contributed by atoms with Crippen LogP contribution in [0.4, 0.5) is 0 Å². The summed E-state index contributed by atoms with van der Waals surface area (Å²) in [5, 5.41) is 0. The summed E-state index contributed by atoms with van der Waals surface area (Å²) in [6.07, 6.45) is 4.12. The van der Waals surface area contributed by atoms with Crippen LogP contribution in [0.1, 0.15) is 41.9 Å². The van der Waals surface area contributed by atoms with Gasteiger partial charge in [-0.15, -0.1) is 0 Å². The molecule has 1 saturated carbocycles. The normalized spacial score (nSPS) is 28.7. The first kappa shape index (κ1) is 9.14. The first-order valence-electron chi connectivity index (χ1n) is 5.88. The molecule has 0 radical (unpaired) electrons. The highest BCUT2D eigenvalue weighted by molar-refractivity contribution is 5.84. The number of ketones is 1. The number of hydrogen-bond donors (Lipinski definition) is 0. The van der Waals surface area contributed by atoms with E-state index in [0.717, 1.165) is 19.3 Å². The standard InChI is InChI=1S/C14H16O/c1-9-4-2-5-10-8-12-11(14(9)10)6-3-7-13(12)15/h2,4-5,11-12H,3,6-8H2,1H3/t11-,12-/m0/s1. The van der Waals surface area contributed by atoms with Gasteiger partial charge >= 0.3 is 0 Å². The van der Waals surface area contributed by atoms with E-state index in [4.69, 9.17) is 0 Å². The molecule has 1 aromatic carbocycles. The molecule has 1 aromatic rings. The van der Waals surface area contributed by atoms with Crippen molar-refractivity contribution in [1.82, 2.24) is 0 Å². The van der Waals surface area contributed by atoms with E-state index in [1.165, 1.54) is 23.1 Å². The lowest BCUT2D eigenvalue weighted by Crippen LogP contribution is -2.24. The van der Waals surface area contributed by atoms with Crippen molar-refractivity contribution in [2.45, 2.75) is 38.5 Å². The highest BCUT2D eigenvalue weighted by Gasteiger charge is 2.39. The van der Waals surface area contributed by atoms with Crippen molar-refractivity contribution in [3.8, 4) is 0 Å². The lowest BCUT2D eigenvalue weighted by molar-refractivity contribution is -0.124. The molecule has 0 saturated heterocycles. The Bertz CT molecular complexity index is 419. The topological polar surface area (TPSA) is 17.1 Å². The molecule has 0 spiro atoms. The SMILES string of the molecule is Cc1cccc2c1[C@H]1CCCC(=O)[C@H]1C2. The number of benzene rings is 1. The molecule has 0 N–H and O–H groups in total. The lowest BCUT2D eigenvalue weighted by atomic mass is 9.78. The third-order valence-electron chi connectivity index (χ3n) is 4.06. The maximum absolute atomic E-state index is 11.9. The Morgan fingerprint density at radius 3 is 3.00 bits per heavy atom. The van der Waals surface area contributed by atoms with Crippen LogP contribution in [0.15, 0.2) is 18.2 Å². The summed E-state index contributed by atoms with van der Waals surface area (Å²) in [7, 11) is 0. The molecule has 15 heavy (non-hydrogen) atoms. The fourth-order valence-corrected chi connectivity index (χ4v) is 3.40. The van der Waals surface area contributed by atoms with Crippen LogP contribution >= 0.6 is 0 Å². The van der Waals surface area contributed by atoms with Gasteiger partial charge in [0.15, 0.2) is 0 Å². The maximum atomic E-state index is 11.9. The van der Waals surface area contributed by atoms with Gasteiger partial charge in [0.25, 0.3) is 0 Å². The molecule has 0 unspecified atom stereocenters. The fourth-order valence-electron chi connectivity index (χ4n) is 3.40. The van der Waals surface area contributed by atoms with Gasteiger partial charge < -0.3 is 0 Å². The van der Waals surface area contributed by atoms with Crippen molar-refractivity contribution in [1.29, 1.82) is 0 Å². The number of fused-ring (bicyclic) bond motifs is 3. The molecule has 78 valence electrons. The monoisotopic (exact) mass is 200 g/mol. The van der Waals surface area contributed by atoms with E-state index in [2.05, 4.69) is 25.1 Å². The molecule has 1 fully saturated rings. The lowest BCUT2D eigenvalue weighted by Gasteiger charge is -2.25. The molecule has 3 rings (SSSR count). The Labute approximate surface area is 90.5 Å². The summed E-state index contributed by atoms with van der Waals surface area (Å²) in [6.45, 7) is 2.18. The minimum atomic E-state index is 0.315. The van der Waals surface area contributed by atoms with Crippen LogP contribution in [0.3, 0.4) is 0 Å². The highest BCUT2D eigenvalue weighted by Crippen LogP contribution is 2.46. The van der Waals surface area contributed by atoms with Crippen LogP contribution in [-0.4, -0.2) is 5.78 Å². The molecule has 0 heterocycles. The summed E-state index contributed by atoms with van der Waals surface area (Å²) < 4.78 is 0. The van der Waals surface area contributed by atoms with Crippen molar-refractivity contribution in [2.75, 3.05) is 0 Å². The van der Waals surface area contributed by atoms with Gasteiger partial charge in [0, 0.05) is 12.3 Å². The first-order valence-corrected chi connectivity index (χ1v) is 5.88. The van der Waals surface area contributed by atoms with Crippen molar-refractivity contribution >= 4 is 5.78 Å². The van der Waals surface area contributed by atoms with E-state index < -0.39 is 0 Å². The van der Waals surface area contributed by atoms with E-state index in [9.17, 15) is 4.79 Å². The van der Waals surface area contributed by atoms with Gasteiger partial charge in [-0.1, -0.05) is 18.2 Å². The average molecular weight is 200 g/mol. The predicted octanol–water partition coefficient (Wildman–Crippen LogP) is 3.00. The third-order valence-corrected chi connectivity index (χ3v) is 4.06. The van der Waals surface area contributed by atoms with Crippen LogP contribution in [0.2, 0.25) is 0 Å². The molecule has 2 aliphatic carbocycles. The molecule has 2 atom stereocenters. The zero-order chi connectivity index (χ0) is 10.4. The second-order valence-corrected chi connectivity index (χ2v) is 4.92. The van der Waals surface area contributed by atoms with Crippen molar-refractivity contribution in [2.24, 2.45) is 5.92 Å². The molecule has 0 aliphatic heterocycles. The van der Waals surface area contributed by atoms with Gasteiger partial charge in [0.1, 0.15) is 5.78 Å². The molecule has 0 aromatic heterocycles. The van der Waals surface area contributed by atoms with E-state index in [1.54, 1.807) is 0 Å². The zero-order valence-corrected chi connectivity index (χ0v) is 9.12. The molecular weight excluding hydrogens is 184 g/mol. The summed E-state index contributed by atoms with van der Waals surface area (Å²) in [5.74, 6) is 1.36. The van der Waals surface area contributed by atoms with E-state index in [-0.39, 0.29) is 0 Å². The molecule has 0 amide bonds. The van der Waals surface area contributed by atoms with Crippen LogP contribution < -0.4 is 0 Å². The predicted molar refractivity (Wildman–Crippen MR) is 60.0 cm³/mol. The molecule has 1 nitrogen and oxygen atoms in total. The number of rotatable bonds is 0. The van der Waals surface area contributed by atoms with Crippen LogP contribution in [0.25, 0.3) is 0 Å². The molecule has 0 bridgehead atoms. The Hall–Kier alpha value is -1.11. The Morgan fingerprint density at radius 2 is 2.13 bits per heavy atom. The second-order valence-electron chi connectivity index (χ2n) is 4.92. The van der Waals surface area contributed by atoms with Gasteiger partial charge in [-0.3, -0.25) is 4.79 Å². The van der Waals surface area contributed by atoms with E-state index in [0.29, 0.717) is 17.6 Å². The van der Waals surface area contributed by atoms with Gasteiger partial charge in [-0.05, 0) is 48.8 Å². The highest BCUT2D eigenvalue weighted by atomic mass is 16.1. The van der Waals surface area contributed by atoms with Gasteiger partial charge in [-0.25, -0.2) is 0 Å². The summed E-state index contributed by atoms with van der Waals surface area (Å²) >= 11 is 0. The fraction of sp³-hybridized carbons (Fsp3) is 0.500. The first-order chi connectivity index (χ1) is 7.27. The number of carbonyl (C=O) groups excluding carboxylic acids is 1. The van der Waals surface area contributed by atoms with Gasteiger partial charge in [-0.2, -0.15) is 0 Å². The average Bonchev–Trinajstić information content (AvgIpc) is 2.59. The van der Waals surface area contributed by atoms with Crippen LogP contribution in [0.5, 0.6) is 0 Å². The third kappa shape index (κ3) is 1.26. The maximum Gasteiger partial charge on any atom is 0.136 e. The van der Waals surface area contributed by atoms with Gasteiger partial charge in [0.2, 0.25) is 0 Å². The van der Waals surface area contributed by atoms with Crippen molar-refractivity contribution < 1.29 is 4.79 Å². The summed E-state index contributed by atoms with van der Waals surface area (Å²) in [6, 6.07) is 6.50. The number of aryl methyl sites for hydroxylation is 1. The molecule has 2 aliphatic rings. The summed E-state index contributed by atoms with van der Waals surface area (Å²) in [4.78, 5) is 11.9. The van der Waals surface area contributed by atoms with E-state index in [1.807, 2.05) is 0 Å². The largest absolute Gasteiger partial charge is 0.299 e. The number of hydrogen-bond acceptors (Lipinski definition) is 1. The molecule has 1 heteroatoms. The second kappa shape index (κ2) is 3.19. The minimum Gasteiger partial charge on any atom is -0.299 e. The van der Waals surface area contributed by atoms with Crippen molar-refractivity contribution in [3.63, 3.8) is 0 Å². The van der Waals surface area contributed by atoms with E-state index >= 15 is 0 Å². The number of carbonyl (C=O) groups is 1. The van der Waals surface area contributed by atoms with Crippen LogP contribution in [-0.2, 0) is 11.2 Å².